The van der Waals surface area contributed by atoms with Crippen LogP contribution in [0, 0.1) is 16.2 Å². The Balaban J connectivity index is 2.91. The maximum Gasteiger partial charge on any atom is 0.189 e. The number of nitrogens with one attached hydrogen (secondary N) is 2. The SMILES string of the molecule is COc1ccc(N(N)/N=C(/C)N)cc1/C=C/CC(C)(C)CC(=N)OC(C)=N. The highest BCUT2D eigenvalue weighted by atomic mass is 16.5. The van der Waals surface area contributed by atoms with E-state index in [1.54, 1.807) is 20.1 Å². The molecule has 0 amide bonds. The van der Waals surface area contributed by atoms with Gasteiger partial charge in [0.05, 0.1) is 12.8 Å². The molecule has 0 fully saturated rings. The maximum absolute atomic E-state index is 7.82. The van der Waals surface area contributed by atoms with Crippen molar-refractivity contribution in [1.82, 2.24) is 0 Å². The van der Waals surface area contributed by atoms with Crippen molar-refractivity contribution in [2.24, 2.45) is 22.1 Å². The molecular formula is C19H30N6O2. The average molecular weight is 374 g/mol. The predicted molar refractivity (Wildman–Crippen MR) is 111 cm³/mol. The van der Waals surface area contributed by atoms with E-state index in [1.807, 2.05) is 38.1 Å². The summed E-state index contributed by atoms with van der Waals surface area (Å²) in [5.41, 5.74) is 6.92. The van der Waals surface area contributed by atoms with E-state index in [2.05, 4.69) is 5.10 Å². The highest BCUT2D eigenvalue weighted by Gasteiger charge is 2.20. The summed E-state index contributed by atoms with van der Waals surface area (Å²) in [5, 5.41) is 20.3. The molecule has 0 aromatic heterocycles. The average Bonchev–Trinajstić information content (AvgIpc) is 2.52. The summed E-state index contributed by atoms with van der Waals surface area (Å²) in [7, 11) is 1.61. The lowest BCUT2D eigenvalue weighted by molar-refractivity contribution is 0.358. The molecule has 8 nitrogen and oxygen atoms in total. The normalized spacial score (nSPS) is 12.1. The number of amidine groups is 1. The van der Waals surface area contributed by atoms with Crippen LogP contribution in [0.1, 0.15) is 46.1 Å². The molecule has 0 aliphatic rings. The Bertz CT molecular complexity index is 736. The van der Waals surface area contributed by atoms with Gasteiger partial charge >= 0.3 is 0 Å². The van der Waals surface area contributed by atoms with E-state index in [4.69, 9.17) is 31.9 Å². The number of hydrazone groups is 1. The number of hydrazine groups is 1. The van der Waals surface area contributed by atoms with Crippen LogP contribution in [-0.2, 0) is 4.74 Å². The molecule has 0 radical (unpaired) electrons. The fraction of sp³-hybridized carbons (Fsp3) is 0.421. The van der Waals surface area contributed by atoms with E-state index in [0.717, 1.165) is 12.0 Å². The first-order valence-electron chi connectivity index (χ1n) is 8.54. The van der Waals surface area contributed by atoms with Crippen LogP contribution in [0.25, 0.3) is 6.08 Å². The van der Waals surface area contributed by atoms with Gasteiger partial charge in [0.15, 0.2) is 11.8 Å². The largest absolute Gasteiger partial charge is 0.496 e. The number of allylic oxidation sites excluding steroid dienone is 1. The topological polar surface area (TPSA) is 134 Å². The number of hydrogen-bond donors (Lipinski definition) is 4. The number of benzene rings is 1. The van der Waals surface area contributed by atoms with E-state index in [0.29, 0.717) is 23.7 Å². The molecule has 1 aromatic rings. The second kappa shape index (κ2) is 9.72. The molecule has 0 saturated carbocycles. The van der Waals surface area contributed by atoms with Gasteiger partial charge in [-0.1, -0.05) is 26.0 Å². The Hall–Kier alpha value is -2.87. The number of hydrogen-bond acceptors (Lipinski definition) is 7. The molecule has 0 aliphatic heterocycles. The van der Waals surface area contributed by atoms with E-state index < -0.39 is 0 Å². The minimum atomic E-state index is -0.186. The van der Waals surface area contributed by atoms with E-state index in [1.165, 1.54) is 12.0 Å². The number of ether oxygens (including phenoxy) is 2. The van der Waals surface area contributed by atoms with Gasteiger partial charge in [-0.3, -0.25) is 10.8 Å². The Morgan fingerprint density at radius 1 is 1.30 bits per heavy atom. The van der Waals surface area contributed by atoms with Crippen LogP contribution in [0.3, 0.4) is 0 Å². The Morgan fingerprint density at radius 3 is 2.52 bits per heavy atom. The van der Waals surface area contributed by atoms with Gasteiger partial charge in [-0.15, -0.1) is 5.10 Å². The van der Waals surface area contributed by atoms with Gasteiger partial charge in [0.25, 0.3) is 0 Å². The molecule has 0 atom stereocenters. The van der Waals surface area contributed by atoms with Crippen LogP contribution in [0.5, 0.6) is 5.75 Å². The Morgan fingerprint density at radius 2 is 1.96 bits per heavy atom. The monoisotopic (exact) mass is 374 g/mol. The Kier molecular flexibility index (Phi) is 7.99. The first kappa shape index (κ1) is 22.2. The number of nitrogens with zero attached hydrogens (tertiary/aromatic N) is 2. The third kappa shape index (κ3) is 7.91. The predicted octanol–water partition coefficient (Wildman–Crippen LogP) is 3.48. The van der Waals surface area contributed by atoms with Gasteiger partial charge in [-0.05, 0) is 37.0 Å². The molecule has 8 heteroatoms. The second-order valence-electron chi connectivity index (χ2n) is 7.04. The van der Waals surface area contributed by atoms with Crippen LogP contribution in [-0.4, -0.2) is 24.7 Å². The van der Waals surface area contributed by atoms with Crippen molar-refractivity contribution in [2.45, 2.75) is 40.5 Å². The number of anilines is 1. The fourth-order valence-corrected chi connectivity index (χ4v) is 2.45. The lowest BCUT2D eigenvalue weighted by atomic mass is 9.85. The molecule has 0 bridgehead atoms. The highest BCUT2D eigenvalue weighted by molar-refractivity contribution is 5.87. The fourth-order valence-electron chi connectivity index (χ4n) is 2.45. The molecule has 0 unspecified atom stereocenters. The molecule has 0 saturated heterocycles. The minimum Gasteiger partial charge on any atom is -0.496 e. The van der Waals surface area contributed by atoms with Crippen molar-refractivity contribution < 1.29 is 9.47 Å². The lowest BCUT2D eigenvalue weighted by Gasteiger charge is -2.22. The van der Waals surface area contributed by atoms with Gasteiger partial charge in [0.1, 0.15) is 11.6 Å². The van der Waals surface area contributed by atoms with E-state index in [9.17, 15) is 0 Å². The second-order valence-corrected chi connectivity index (χ2v) is 7.04. The van der Waals surface area contributed by atoms with Crippen molar-refractivity contribution in [3.05, 3.63) is 29.8 Å². The van der Waals surface area contributed by atoms with Gasteiger partial charge < -0.3 is 15.2 Å². The molecule has 0 aliphatic carbocycles. The highest BCUT2D eigenvalue weighted by Crippen LogP contribution is 2.29. The van der Waals surface area contributed by atoms with Crippen LogP contribution < -0.4 is 21.4 Å². The van der Waals surface area contributed by atoms with Gasteiger partial charge in [-0.2, -0.15) is 5.12 Å². The third-order valence-corrected chi connectivity index (χ3v) is 3.63. The maximum atomic E-state index is 7.82. The zero-order chi connectivity index (χ0) is 20.6. The molecule has 1 rings (SSSR count). The molecule has 1 aromatic carbocycles. The number of nitrogens with two attached hydrogens (primary N) is 2. The quantitative estimate of drug-likeness (QED) is 0.239. The van der Waals surface area contributed by atoms with Crippen molar-refractivity contribution >= 4 is 29.4 Å². The molecule has 0 spiro atoms. The van der Waals surface area contributed by atoms with E-state index >= 15 is 0 Å². The summed E-state index contributed by atoms with van der Waals surface area (Å²) in [4.78, 5) is 0. The number of rotatable bonds is 8. The van der Waals surface area contributed by atoms with Gasteiger partial charge in [0, 0.05) is 18.9 Å². The molecule has 6 N–H and O–H groups in total. The van der Waals surface area contributed by atoms with Crippen LogP contribution in [0.4, 0.5) is 5.69 Å². The molecular weight excluding hydrogens is 344 g/mol. The van der Waals surface area contributed by atoms with Crippen LogP contribution >= 0.6 is 0 Å². The van der Waals surface area contributed by atoms with Crippen molar-refractivity contribution in [1.29, 1.82) is 10.8 Å². The first-order valence-corrected chi connectivity index (χ1v) is 8.54. The summed E-state index contributed by atoms with van der Waals surface area (Å²) in [6.07, 6.45) is 5.12. The standard InChI is InChI=1S/C19H30N6O2/c1-13(20)24-25(23)16-8-9-17(26-5)15(11-16)7-6-10-19(3,4)12-18(22)27-14(2)21/h6-9,11,21-22H,10,12,23H2,1-5H3,(H2,20,24)/b7-6+,21-14?,22-18?. The molecule has 148 valence electrons. The van der Waals surface area contributed by atoms with Crippen LogP contribution in [0.15, 0.2) is 29.4 Å². The minimum absolute atomic E-state index is 0.0228. The van der Waals surface area contributed by atoms with Crippen molar-refractivity contribution in [3.8, 4) is 5.75 Å². The third-order valence-electron chi connectivity index (χ3n) is 3.63. The molecule has 27 heavy (non-hydrogen) atoms. The van der Waals surface area contributed by atoms with E-state index in [-0.39, 0.29) is 17.2 Å². The number of methoxy groups -OCH3 is 1. The summed E-state index contributed by atoms with van der Waals surface area (Å²) in [6.45, 7) is 7.26. The summed E-state index contributed by atoms with van der Waals surface area (Å²) in [6, 6.07) is 5.47. The van der Waals surface area contributed by atoms with Crippen molar-refractivity contribution in [2.75, 3.05) is 12.2 Å². The van der Waals surface area contributed by atoms with Crippen LogP contribution in [0.2, 0.25) is 0 Å². The zero-order valence-electron chi connectivity index (χ0n) is 16.7. The first-order chi connectivity index (χ1) is 12.5. The molecule has 0 heterocycles. The summed E-state index contributed by atoms with van der Waals surface area (Å²) in [5.74, 6) is 7.08. The summed E-state index contributed by atoms with van der Waals surface area (Å²) >= 11 is 0. The van der Waals surface area contributed by atoms with Gasteiger partial charge in [-0.25, -0.2) is 5.84 Å². The van der Waals surface area contributed by atoms with Crippen molar-refractivity contribution in [3.63, 3.8) is 0 Å². The Labute approximate surface area is 160 Å². The zero-order valence-corrected chi connectivity index (χ0v) is 16.7. The summed E-state index contributed by atoms with van der Waals surface area (Å²) < 4.78 is 10.4. The lowest BCUT2D eigenvalue weighted by Crippen LogP contribution is -2.27. The smallest absolute Gasteiger partial charge is 0.189 e. The van der Waals surface area contributed by atoms with Gasteiger partial charge in [0.2, 0.25) is 0 Å².